The van der Waals surface area contributed by atoms with E-state index in [0.29, 0.717) is 6.42 Å². The molecule has 0 aromatic rings. The second-order valence-electron chi connectivity index (χ2n) is 2.40. The van der Waals surface area contributed by atoms with E-state index in [4.69, 9.17) is 0 Å². The Hall–Kier alpha value is -0.390. The van der Waals surface area contributed by atoms with Gasteiger partial charge in [-0.3, -0.25) is 4.18 Å². The van der Waals surface area contributed by atoms with E-state index in [9.17, 15) is 8.42 Å². The van der Waals surface area contributed by atoms with Crippen molar-refractivity contribution in [1.29, 1.82) is 0 Å². The van der Waals surface area contributed by atoms with Crippen molar-refractivity contribution in [2.24, 2.45) is 0 Å². The molecule has 0 aromatic heterocycles. The molecule has 1 atom stereocenters. The molecule has 0 aliphatic carbocycles. The van der Waals surface area contributed by atoms with Gasteiger partial charge in [0, 0.05) is 6.04 Å². The molecule has 11 heavy (non-hydrogen) atoms. The first kappa shape index (κ1) is 8.70. The van der Waals surface area contributed by atoms with Gasteiger partial charge in [-0.25, -0.2) is 0 Å². The van der Waals surface area contributed by atoms with Crippen LogP contribution in [0.25, 0.3) is 0 Å². The van der Waals surface area contributed by atoms with Gasteiger partial charge in [-0.05, 0) is 13.3 Å². The van der Waals surface area contributed by atoms with Gasteiger partial charge in [0.25, 0.3) is 0 Å². The van der Waals surface area contributed by atoms with E-state index >= 15 is 0 Å². The van der Waals surface area contributed by atoms with Crippen molar-refractivity contribution in [2.45, 2.75) is 19.4 Å². The molecule has 1 aliphatic rings. The summed E-state index contributed by atoms with van der Waals surface area (Å²) in [4.78, 5) is 0. The third-order valence-corrected chi connectivity index (χ3v) is 2.42. The molecule has 0 saturated carbocycles. The highest BCUT2D eigenvalue weighted by molar-refractivity contribution is 7.84. The molecule has 0 aromatic carbocycles. The minimum absolute atomic E-state index is 0.180. The fourth-order valence-corrected chi connectivity index (χ4v) is 1.74. The lowest BCUT2D eigenvalue weighted by Crippen LogP contribution is -2.33. The Bertz CT molecular complexity index is 245. The summed E-state index contributed by atoms with van der Waals surface area (Å²) < 4.78 is 28.6. The fourth-order valence-electron chi connectivity index (χ4n) is 0.827. The average molecular weight is 177 g/mol. The Morgan fingerprint density at radius 3 is 3.09 bits per heavy atom. The second kappa shape index (κ2) is 3.34. The van der Waals surface area contributed by atoms with Crippen LogP contribution in [-0.4, -0.2) is 21.1 Å². The topological polar surface area (TPSA) is 55.4 Å². The largest absolute Gasteiger partial charge is 0.336 e. The third-order valence-electron chi connectivity index (χ3n) is 1.28. The van der Waals surface area contributed by atoms with Crippen molar-refractivity contribution in [2.75, 3.05) is 6.61 Å². The van der Waals surface area contributed by atoms with Crippen molar-refractivity contribution in [3.8, 4) is 0 Å². The summed E-state index contributed by atoms with van der Waals surface area (Å²) in [5.41, 5.74) is 0. The molecule has 0 radical (unpaired) electrons. The molecule has 1 rings (SSSR count). The first-order chi connectivity index (χ1) is 5.10. The highest BCUT2D eigenvalue weighted by Gasteiger charge is 2.13. The lowest BCUT2D eigenvalue weighted by Gasteiger charge is -2.12. The predicted octanol–water partition coefficient (Wildman–Crippen LogP) is 0.186. The van der Waals surface area contributed by atoms with Crippen LogP contribution in [0.2, 0.25) is 0 Å². The van der Waals surface area contributed by atoms with E-state index < -0.39 is 10.3 Å². The highest BCUT2D eigenvalue weighted by Crippen LogP contribution is 2.00. The number of nitrogens with one attached hydrogen (secondary N) is 1. The highest BCUT2D eigenvalue weighted by atomic mass is 32.2. The maximum Gasteiger partial charge on any atom is 0.336 e. The maximum absolute atomic E-state index is 10.9. The maximum atomic E-state index is 10.9. The van der Waals surface area contributed by atoms with Crippen LogP contribution in [0.15, 0.2) is 12.2 Å². The third kappa shape index (κ3) is 3.00. The molecule has 1 N–H and O–H groups in total. The van der Waals surface area contributed by atoms with Crippen LogP contribution >= 0.6 is 0 Å². The summed E-state index contributed by atoms with van der Waals surface area (Å²) in [5.74, 6) is 0. The van der Waals surface area contributed by atoms with Gasteiger partial charge in [0.15, 0.2) is 0 Å². The normalized spacial score (nSPS) is 30.8. The minimum Gasteiger partial charge on any atom is -0.258 e. The number of hydrogen-bond donors (Lipinski definition) is 1. The summed E-state index contributed by atoms with van der Waals surface area (Å²) in [6, 6.07) is -0.180. The van der Waals surface area contributed by atoms with Crippen LogP contribution in [0.5, 0.6) is 0 Å². The van der Waals surface area contributed by atoms with Crippen molar-refractivity contribution < 1.29 is 12.6 Å². The van der Waals surface area contributed by atoms with Crippen LogP contribution in [0, 0.1) is 0 Å². The molecule has 4 nitrogen and oxygen atoms in total. The van der Waals surface area contributed by atoms with Crippen LogP contribution in [-0.2, 0) is 14.5 Å². The van der Waals surface area contributed by atoms with E-state index in [2.05, 4.69) is 8.91 Å². The number of hydrogen-bond acceptors (Lipinski definition) is 3. The van der Waals surface area contributed by atoms with E-state index in [-0.39, 0.29) is 12.6 Å². The van der Waals surface area contributed by atoms with Gasteiger partial charge in [0.05, 0.1) is 6.61 Å². The van der Waals surface area contributed by atoms with E-state index in [0.717, 1.165) is 0 Å². The average Bonchev–Trinajstić information content (AvgIpc) is 1.82. The molecule has 0 spiro atoms. The first-order valence-corrected chi connectivity index (χ1v) is 4.84. The zero-order valence-corrected chi connectivity index (χ0v) is 7.10. The molecule has 0 bridgehead atoms. The summed E-state index contributed by atoms with van der Waals surface area (Å²) in [6.45, 7) is 1.97. The van der Waals surface area contributed by atoms with Gasteiger partial charge in [0.2, 0.25) is 0 Å². The molecule has 0 fully saturated rings. The molecule has 5 heteroatoms. The van der Waals surface area contributed by atoms with Gasteiger partial charge in [-0.15, -0.1) is 0 Å². The van der Waals surface area contributed by atoms with Gasteiger partial charge in [0.1, 0.15) is 0 Å². The van der Waals surface area contributed by atoms with Gasteiger partial charge in [-0.2, -0.15) is 13.1 Å². The van der Waals surface area contributed by atoms with Crippen LogP contribution in [0.4, 0.5) is 0 Å². The molecule has 0 amide bonds. The Morgan fingerprint density at radius 1 is 1.64 bits per heavy atom. The predicted molar refractivity (Wildman–Crippen MR) is 41.2 cm³/mol. The molecule has 64 valence electrons. The molecule has 0 unspecified atom stereocenters. The zero-order valence-electron chi connectivity index (χ0n) is 6.28. The quantitative estimate of drug-likeness (QED) is 0.537. The Kier molecular flexibility index (Phi) is 2.64. The van der Waals surface area contributed by atoms with E-state index in [1.807, 2.05) is 6.08 Å². The molecule has 1 heterocycles. The lowest BCUT2D eigenvalue weighted by atomic mass is 10.3. The Morgan fingerprint density at radius 2 is 2.36 bits per heavy atom. The van der Waals surface area contributed by atoms with Crippen LogP contribution in [0.1, 0.15) is 13.3 Å². The van der Waals surface area contributed by atoms with Gasteiger partial charge >= 0.3 is 10.3 Å². The minimum atomic E-state index is -3.49. The van der Waals surface area contributed by atoms with Gasteiger partial charge in [-0.1, -0.05) is 12.2 Å². The van der Waals surface area contributed by atoms with Gasteiger partial charge < -0.3 is 0 Å². The molecular weight excluding hydrogens is 166 g/mol. The fraction of sp³-hybridized carbons (Fsp3) is 0.667. The second-order valence-corrected chi connectivity index (χ2v) is 3.78. The summed E-state index contributed by atoms with van der Waals surface area (Å²) in [5, 5.41) is 0. The Labute approximate surface area is 66.5 Å². The Balaban J connectivity index is 2.71. The summed E-state index contributed by atoms with van der Waals surface area (Å²) in [7, 11) is -3.49. The summed E-state index contributed by atoms with van der Waals surface area (Å²) >= 11 is 0. The molecule has 0 saturated heterocycles. The molecule has 1 aliphatic heterocycles. The monoisotopic (exact) mass is 177 g/mol. The SMILES string of the molecule is C[C@H]1C=CCCOS(=O)(=O)N1. The van der Waals surface area contributed by atoms with Crippen LogP contribution < -0.4 is 4.72 Å². The van der Waals surface area contributed by atoms with Crippen molar-refractivity contribution in [3.05, 3.63) is 12.2 Å². The molecular formula is C6H11NO3S. The smallest absolute Gasteiger partial charge is 0.258 e. The number of rotatable bonds is 0. The lowest BCUT2D eigenvalue weighted by molar-refractivity contribution is 0.313. The van der Waals surface area contributed by atoms with Crippen LogP contribution in [0.3, 0.4) is 0 Å². The standard InChI is InChI=1S/C6H11NO3S/c1-6-4-2-3-5-10-11(8,9)7-6/h2,4,6-7H,3,5H2,1H3/t6-/m0/s1. The van der Waals surface area contributed by atoms with E-state index in [1.165, 1.54) is 0 Å². The summed E-state index contributed by atoms with van der Waals surface area (Å²) in [6.07, 6.45) is 4.34. The zero-order chi connectivity index (χ0) is 8.32. The van der Waals surface area contributed by atoms with Crippen molar-refractivity contribution in [3.63, 3.8) is 0 Å². The van der Waals surface area contributed by atoms with Crippen molar-refractivity contribution in [1.82, 2.24) is 4.72 Å². The first-order valence-electron chi connectivity index (χ1n) is 3.43. The van der Waals surface area contributed by atoms with E-state index in [1.54, 1.807) is 13.0 Å². The van der Waals surface area contributed by atoms with Crippen molar-refractivity contribution >= 4 is 10.3 Å².